The van der Waals surface area contributed by atoms with Crippen molar-refractivity contribution in [2.24, 2.45) is 0 Å². The van der Waals surface area contributed by atoms with Crippen molar-refractivity contribution < 1.29 is 45.5 Å². The maximum atomic E-state index is 15.7. The van der Waals surface area contributed by atoms with E-state index < -0.39 is 63.5 Å². The first kappa shape index (κ1) is 38.3. The number of imide groups is 1. The van der Waals surface area contributed by atoms with Crippen LogP contribution < -0.4 is 19.7 Å². The molecule has 18 heteroatoms. The van der Waals surface area contributed by atoms with E-state index in [-0.39, 0.29) is 53.8 Å². The molecule has 3 N–H and O–H groups in total. The second-order valence-corrected chi connectivity index (χ2v) is 16.7. The van der Waals surface area contributed by atoms with Crippen LogP contribution in [0, 0.1) is 11.6 Å². The molecule has 9 rings (SSSR count). The van der Waals surface area contributed by atoms with Crippen LogP contribution in [0.1, 0.15) is 57.5 Å². The molecular formula is C41H36F3N7O7S. The third-order valence-corrected chi connectivity index (χ3v) is 12.9. The summed E-state index contributed by atoms with van der Waals surface area (Å²) in [4.78, 5) is 61.8. The quantitative estimate of drug-likeness (QED) is 0.124. The normalized spacial score (nSPS) is 20.8. The number of nitrogens with one attached hydrogen (secondary N) is 3. The first-order valence-electron chi connectivity index (χ1n) is 19.0. The van der Waals surface area contributed by atoms with Crippen LogP contribution in [0.5, 0.6) is 5.75 Å². The third kappa shape index (κ3) is 7.05. The average molecular weight is 828 g/mol. The number of hydrogen-bond donors (Lipinski definition) is 3. The van der Waals surface area contributed by atoms with E-state index in [1.54, 1.807) is 30.5 Å². The number of ketones is 1. The van der Waals surface area contributed by atoms with Crippen molar-refractivity contribution >= 4 is 56.1 Å². The lowest BCUT2D eigenvalue weighted by Crippen LogP contribution is -2.52. The fraction of sp³-hybridized carbons (Fsp3) is 0.293. The Morgan fingerprint density at radius 2 is 1.76 bits per heavy atom. The molecule has 3 fully saturated rings. The van der Waals surface area contributed by atoms with Gasteiger partial charge in [0.15, 0.2) is 5.82 Å². The van der Waals surface area contributed by atoms with E-state index >= 15 is 8.78 Å². The Morgan fingerprint density at radius 3 is 2.49 bits per heavy atom. The zero-order chi connectivity index (χ0) is 41.2. The maximum Gasteiger partial charge on any atom is 0.301 e. The standard InChI is InChI=1S/C41H36F3N7O7S/c42-25-11-13-49(20-25)59(56,57)48-33-8-7-32(43)36(37(33)44)38(53)31-18-46-39-30(31)16-23(17-45-39)22-1-4-28(5-2-22)58-21-27-12-14-50(27)26-3-6-29-24(15-26)19-51(41(29)55)34-9-10-35(52)47-40(34)54/h1-8,15-18,25,27,34,48H,9-14,19-21H2,(H,45,46)(H,47,52,54)/t25-,27?,34?/m1/s1. The van der Waals surface area contributed by atoms with Gasteiger partial charge in [0.2, 0.25) is 17.6 Å². The molecule has 3 saturated heterocycles. The number of anilines is 2. The smallest absolute Gasteiger partial charge is 0.301 e. The zero-order valence-electron chi connectivity index (χ0n) is 31.2. The summed E-state index contributed by atoms with van der Waals surface area (Å²) in [5, 5.41) is 2.61. The number of benzene rings is 3. The summed E-state index contributed by atoms with van der Waals surface area (Å²) in [6.45, 7) is 0.987. The Kier molecular flexibility index (Phi) is 9.62. The van der Waals surface area contributed by atoms with Crippen molar-refractivity contribution in [2.45, 2.75) is 50.5 Å². The van der Waals surface area contributed by atoms with Gasteiger partial charge in [0.25, 0.3) is 5.91 Å². The Hall–Kier alpha value is -6.27. The number of halogens is 3. The SMILES string of the molecule is O=C1CCC(N2Cc3cc(N4CCC4COc4ccc(-c5cnc6[nH]cc(C(=O)c7c(F)ccc(NS(=O)(=O)N8CC[C@@H](F)C8)c7F)c6c5)cc4)ccc3C2=O)C(=O)N1. The second kappa shape index (κ2) is 14.8. The van der Waals surface area contributed by atoms with Gasteiger partial charge in [0.05, 0.1) is 17.3 Å². The molecule has 0 saturated carbocycles. The highest BCUT2D eigenvalue weighted by Crippen LogP contribution is 2.35. The monoisotopic (exact) mass is 827 g/mol. The van der Waals surface area contributed by atoms with Crippen LogP contribution in [0.2, 0.25) is 0 Å². The highest BCUT2D eigenvalue weighted by Gasteiger charge is 2.40. The van der Waals surface area contributed by atoms with Gasteiger partial charge >= 0.3 is 10.2 Å². The van der Waals surface area contributed by atoms with Crippen molar-refractivity contribution in [2.75, 3.05) is 35.9 Å². The molecule has 0 bridgehead atoms. The number of pyridine rings is 1. The first-order valence-corrected chi connectivity index (χ1v) is 20.5. The van der Waals surface area contributed by atoms with Crippen LogP contribution in [-0.2, 0) is 26.3 Å². The molecule has 14 nitrogen and oxygen atoms in total. The maximum absolute atomic E-state index is 15.7. The molecule has 59 heavy (non-hydrogen) atoms. The predicted molar refractivity (Wildman–Crippen MR) is 209 cm³/mol. The van der Waals surface area contributed by atoms with E-state index in [2.05, 4.69) is 20.2 Å². The molecule has 0 spiro atoms. The number of H-pyrrole nitrogens is 1. The third-order valence-electron chi connectivity index (χ3n) is 11.4. The number of aromatic amines is 1. The number of amides is 3. The number of nitrogens with zero attached hydrogens (tertiary/aromatic N) is 4. The molecule has 0 aliphatic carbocycles. The second-order valence-electron chi connectivity index (χ2n) is 15.0. The fourth-order valence-corrected chi connectivity index (χ4v) is 9.33. The highest BCUT2D eigenvalue weighted by atomic mass is 32.2. The molecule has 2 unspecified atom stereocenters. The Balaban J connectivity index is 0.860. The molecule has 3 aromatic carbocycles. The minimum absolute atomic E-state index is 0.00762. The van der Waals surface area contributed by atoms with Crippen LogP contribution in [0.15, 0.2) is 73.1 Å². The number of piperidine rings is 1. The predicted octanol–water partition coefficient (Wildman–Crippen LogP) is 4.86. The molecule has 304 valence electrons. The van der Waals surface area contributed by atoms with Crippen LogP contribution in [0.3, 0.4) is 0 Å². The Labute approximate surface area is 335 Å². The average Bonchev–Trinajstić information content (AvgIpc) is 3.93. The van der Waals surface area contributed by atoms with Crippen LogP contribution in [0.4, 0.5) is 24.5 Å². The van der Waals surface area contributed by atoms with Gasteiger partial charge in [-0.05, 0) is 78.9 Å². The van der Waals surface area contributed by atoms with E-state index in [0.29, 0.717) is 36.4 Å². The number of alkyl halides is 1. The summed E-state index contributed by atoms with van der Waals surface area (Å²) in [7, 11) is -4.37. The Bertz CT molecular complexity index is 2680. The minimum atomic E-state index is -4.37. The lowest BCUT2D eigenvalue weighted by molar-refractivity contribution is -0.136. The first-order chi connectivity index (χ1) is 28.3. The van der Waals surface area contributed by atoms with Crippen LogP contribution >= 0.6 is 0 Å². The number of carbonyl (C=O) groups excluding carboxylic acids is 4. The van der Waals surface area contributed by atoms with Crippen molar-refractivity contribution in [3.63, 3.8) is 0 Å². The van der Waals surface area contributed by atoms with E-state index in [1.165, 1.54) is 11.1 Å². The molecule has 5 aromatic rings. The molecule has 0 radical (unpaired) electrons. The van der Waals surface area contributed by atoms with Crippen molar-refractivity contribution in [3.8, 4) is 16.9 Å². The number of carbonyl (C=O) groups is 4. The van der Waals surface area contributed by atoms with Gasteiger partial charge in [-0.25, -0.2) is 18.2 Å². The van der Waals surface area contributed by atoms with Gasteiger partial charge in [-0.15, -0.1) is 0 Å². The molecule has 6 heterocycles. The molecule has 2 aromatic heterocycles. The van der Waals surface area contributed by atoms with Gasteiger partial charge in [-0.2, -0.15) is 12.7 Å². The number of aromatic nitrogens is 2. The number of hydrogen-bond acceptors (Lipinski definition) is 9. The van der Waals surface area contributed by atoms with E-state index in [9.17, 15) is 32.0 Å². The molecule has 3 atom stereocenters. The fourth-order valence-electron chi connectivity index (χ4n) is 8.06. The van der Waals surface area contributed by atoms with Gasteiger partial charge in [-0.1, -0.05) is 12.1 Å². The summed E-state index contributed by atoms with van der Waals surface area (Å²) < 4.78 is 79.0. The zero-order valence-corrected chi connectivity index (χ0v) is 32.0. The molecule has 3 amide bonds. The van der Waals surface area contributed by atoms with Gasteiger partial charge in [-0.3, -0.25) is 29.2 Å². The topological polar surface area (TPSA) is 174 Å². The van der Waals surface area contributed by atoms with Crippen LogP contribution in [0.25, 0.3) is 22.2 Å². The lowest BCUT2D eigenvalue weighted by atomic mass is 9.99. The summed E-state index contributed by atoms with van der Waals surface area (Å²) in [5.41, 5.74) is 2.24. The molecule has 4 aliphatic heterocycles. The van der Waals surface area contributed by atoms with E-state index in [0.717, 1.165) is 46.2 Å². The number of ether oxygens (including phenoxy) is 1. The van der Waals surface area contributed by atoms with E-state index in [4.69, 9.17) is 4.74 Å². The summed E-state index contributed by atoms with van der Waals surface area (Å²) in [6.07, 6.45) is 2.88. The Morgan fingerprint density at radius 1 is 0.949 bits per heavy atom. The van der Waals surface area contributed by atoms with Gasteiger partial charge in [0, 0.05) is 72.8 Å². The lowest BCUT2D eigenvalue weighted by Gasteiger charge is -2.42. The van der Waals surface area contributed by atoms with E-state index in [1.807, 2.05) is 29.0 Å². The largest absolute Gasteiger partial charge is 0.491 e. The van der Waals surface area contributed by atoms with Gasteiger partial charge in [0.1, 0.15) is 36.0 Å². The van der Waals surface area contributed by atoms with Crippen molar-refractivity contribution in [1.82, 2.24) is 24.5 Å². The van der Waals surface area contributed by atoms with Crippen molar-refractivity contribution in [3.05, 3.63) is 107 Å². The van der Waals surface area contributed by atoms with Crippen molar-refractivity contribution in [1.29, 1.82) is 0 Å². The summed E-state index contributed by atoms with van der Waals surface area (Å²) in [5.74, 6) is -4.02. The summed E-state index contributed by atoms with van der Waals surface area (Å²) >= 11 is 0. The molecular weight excluding hydrogens is 792 g/mol. The molecule has 4 aliphatic rings. The summed E-state index contributed by atoms with van der Waals surface area (Å²) in [6, 6.07) is 15.6. The van der Waals surface area contributed by atoms with Crippen LogP contribution in [-0.4, -0.2) is 95.6 Å². The number of fused-ring (bicyclic) bond motifs is 2. The number of rotatable bonds is 11. The van der Waals surface area contributed by atoms with Gasteiger partial charge < -0.3 is 19.5 Å². The highest BCUT2D eigenvalue weighted by molar-refractivity contribution is 7.90. The minimum Gasteiger partial charge on any atom is -0.491 e.